The third-order valence-corrected chi connectivity index (χ3v) is 8.56. The van der Waals surface area contributed by atoms with Gasteiger partial charge in [0.1, 0.15) is 24.7 Å². The van der Waals surface area contributed by atoms with Gasteiger partial charge in [0.25, 0.3) is 0 Å². The van der Waals surface area contributed by atoms with E-state index in [1.165, 1.54) is 6.20 Å². The van der Waals surface area contributed by atoms with Gasteiger partial charge < -0.3 is 28.6 Å². The minimum absolute atomic E-state index is 0.0604. The zero-order valence-electron chi connectivity index (χ0n) is 21.8. The fraction of sp³-hybridized carbons (Fsp3) is 0.333. The van der Waals surface area contributed by atoms with Crippen molar-refractivity contribution < 1.29 is 19.1 Å². The molecule has 6 rings (SSSR count). The monoisotopic (exact) mass is 616 g/mol. The van der Waals surface area contributed by atoms with Gasteiger partial charge in [0, 0.05) is 54.8 Å². The van der Waals surface area contributed by atoms with Crippen molar-refractivity contribution in [2.45, 2.75) is 18.4 Å². The second kappa shape index (κ2) is 11.8. The molecule has 2 saturated heterocycles. The Morgan fingerprint density at radius 1 is 1.12 bits per heavy atom. The number of hydrogen-bond acceptors (Lipinski definition) is 10. The number of nitrogens with zero attached hydrogens (tertiary/aromatic N) is 6. The van der Waals surface area contributed by atoms with E-state index in [4.69, 9.17) is 37.4 Å². The van der Waals surface area contributed by atoms with Gasteiger partial charge in [-0.25, -0.2) is 9.97 Å². The lowest BCUT2D eigenvalue weighted by atomic mass is 10.1. The lowest BCUT2D eigenvalue weighted by Crippen LogP contribution is -2.46. The van der Waals surface area contributed by atoms with Crippen molar-refractivity contribution in [1.82, 2.24) is 14.5 Å². The predicted molar refractivity (Wildman–Crippen MR) is 156 cm³/mol. The third kappa shape index (κ3) is 6.11. The van der Waals surface area contributed by atoms with E-state index in [2.05, 4.69) is 19.8 Å². The van der Waals surface area contributed by atoms with E-state index in [1.807, 2.05) is 41.1 Å². The first-order valence-corrected chi connectivity index (χ1v) is 14.5. The van der Waals surface area contributed by atoms with Crippen LogP contribution in [0.3, 0.4) is 0 Å². The quantitative estimate of drug-likeness (QED) is 0.184. The van der Waals surface area contributed by atoms with Crippen molar-refractivity contribution in [3.63, 3.8) is 0 Å². The number of halogens is 2. The zero-order valence-corrected chi connectivity index (χ0v) is 24.1. The van der Waals surface area contributed by atoms with Crippen LogP contribution in [0.15, 0.2) is 67.4 Å². The number of benzene rings is 2. The summed E-state index contributed by atoms with van der Waals surface area (Å²) in [5.41, 5.74) is 1.77. The number of ether oxygens (including phenoxy) is 3. The van der Waals surface area contributed by atoms with Crippen LogP contribution in [0.25, 0.3) is 0 Å². The first-order chi connectivity index (χ1) is 19.9. The highest BCUT2D eigenvalue weighted by atomic mass is 35.5. The smallest absolute Gasteiger partial charge is 0.345 e. The second-order valence-corrected chi connectivity index (χ2v) is 11.5. The number of piperazine rings is 1. The Hall–Kier alpha value is -3.42. The number of hydrogen-bond donors (Lipinski definition) is 0. The molecule has 0 unspecified atom stereocenters. The first kappa shape index (κ1) is 27.7. The molecular weight excluding hydrogens is 591 g/mol. The maximum atomic E-state index is 11.0. The summed E-state index contributed by atoms with van der Waals surface area (Å²) < 4.78 is 20.7. The van der Waals surface area contributed by atoms with Crippen LogP contribution >= 0.6 is 34.5 Å². The highest BCUT2D eigenvalue weighted by molar-refractivity contribution is 7.18. The summed E-state index contributed by atoms with van der Waals surface area (Å²) in [5, 5.41) is 12.7. The number of nitro groups is 1. The predicted octanol–water partition coefficient (Wildman–Crippen LogP) is 5.23. The summed E-state index contributed by atoms with van der Waals surface area (Å²) in [5.74, 6) is -0.380. The minimum atomic E-state index is -1.11. The van der Waals surface area contributed by atoms with Gasteiger partial charge in [-0.1, -0.05) is 29.3 Å². The fourth-order valence-electron chi connectivity index (χ4n) is 4.96. The van der Waals surface area contributed by atoms with E-state index >= 15 is 0 Å². The molecule has 41 heavy (non-hydrogen) atoms. The molecule has 2 aliphatic heterocycles. The highest BCUT2D eigenvalue weighted by Gasteiger charge is 2.45. The van der Waals surface area contributed by atoms with Gasteiger partial charge in [-0.3, -0.25) is 10.1 Å². The van der Waals surface area contributed by atoms with E-state index < -0.39 is 10.7 Å². The lowest BCUT2D eigenvalue weighted by Gasteiger charge is -2.35. The molecule has 2 atom stereocenters. The van der Waals surface area contributed by atoms with Crippen LogP contribution in [0.2, 0.25) is 10.0 Å². The van der Waals surface area contributed by atoms with Crippen LogP contribution in [0, 0.1) is 10.1 Å². The SMILES string of the molecule is O=[N+]([O-])c1cnc(N2CCN(c3ccc(OC[C@@H]4CO[C@@](Cn5ccnc5)(c5ccc(Cl)cc5Cl)O4)cc3)CC2)s1. The van der Waals surface area contributed by atoms with Crippen molar-refractivity contribution >= 4 is 50.4 Å². The highest BCUT2D eigenvalue weighted by Crippen LogP contribution is 2.40. The molecule has 0 aliphatic carbocycles. The molecule has 0 bridgehead atoms. The van der Waals surface area contributed by atoms with E-state index in [0.717, 1.165) is 49.0 Å². The van der Waals surface area contributed by atoms with Gasteiger partial charge in [0.05, 0.1) is 29.4 Å². The Morgan fingerprint density at radius 3 is 2.59 bits per heavy atom. The van der Waals surface area contributed by atoms with Crippen LogP contribution in [-0.2, 0) is 21.8 Å². The van der Waals surface area contributed by atoms with E-state index in [9.17, 15) is 10.1 Å². The summed E-state index contributed by atoms with van der Waals surface area (Å²) in [6.07, 6.45) is 6.24. The summed E-state index contributed by atoms with van der Waals surface area (Å²) in [6, 6.07) is 13.2. The first-order valence-electron chi connectivity index (χ1n) is 12.9. The number of imidazole rings is 1. The summed E-state index contributed by atoms with van der Waals surface area (Å²) >= 11 is 13.8. The average molecular weight is 618 g/mol. The molecule has 214 valence electrons. The number of aromatic nitrogens is 3. The van der Waals surface area contributed by atoms with Crippen molar-refractivity contribution in [3.8, 4) is 5.75 Å². The molecule has 0 spiro atoms. The van der Waals surface area contributed by atoms with Crippen molar-refractivity contribution in [2.24, 2.45) is 0 Å². The van der Waals surface area contributed by atoms with E-state index in [1.54, 1.807) is 24.7 Å². The largest absolute Gasteiger partial charge is 0.491 e. The summed E-state index contributed by atoms with van der Waals surface area (Å²) in [4.78, 5) is 23.3. The standard InChI is InChI=1S/C27H26Cl2N6O5S/c28-19-1-6-23(24(29)13-19)27(17-32-8-7-30-18-32)39-16-22(40-27)15-38-21-4-2-20(3-5-21)33-9-11-34(12-10-33)26-31-14-25(41-26)35(36)37/h1-8,13-14,18,22H,9-12,15-17H2/t22-,27-/m1/s1. The molecule has 0 radical (unpaired) electrons. The fourth-order valence-corrected chi connectivity index (χ4v) is 6.30. The van der Waals surface area contributed by atoms with Crippen LogP contribution in [0.4, 0.5) is 15.8 Å². The summed E-state index contributed by atoms with van der Waals surface area (Å²) in [7, 11) is 0. The van der Waals surface area contributed by atoms with Crippen molar-refractivity contribution in [3.05, 3.63) is 93.1 Å². The summed E-state index contributed by atoms with van der Waals surface area (Å²) in [6.45, 7) is 4.04. The van der Waals surface area contributed by atoms with Crippen LogP contribution in [-0.4, -0.2) is 65.0 Å². The zero-order chi connectivity index (χ0) is 28.4. The van der Waals surface area contributed by atoms with Crippen molar-refractivity contribution in [1.29, 1.82) is 0 Å². The van der Waals surface area contributed by atoms with Crippen molar-refractivity contribution in [2.75, 3.05) is 49.2 Å². The van der Waals surface area contributed by atoms with E-state index in [-0.39, 0.29) is 11.1 Å². The molecule has 0 amide bonds. The third-order valence-electron chi connectivity index (χ3n) is 7.00. The Labute approximate surface area is 249 Å². The second-order valence-electron chi connectivity index (χ2n) is 9.68. The maximum absolute atomic E-state index is 11.0. The van der Waals surface area contributed by atoms with Crippen LogP contribution < -0.4 is 14.5 Å². The maximum Gasteiger partial charge on any atom is 0.345 e. The molecular formula is C27H26Cl2N6O5S. The molecule has 2 aromatic heterocycles. The topological polar surface area (TPSA) is 108 Å². The molecule has 0 N–H and O–H groups in total. The molecule has 2 aromatic carbocycles. The molecule has 4 aromatic rings. The molecule has 2 aliphatic rings. The van der Waals surface area contributed by atoms with Gasteiger partial charge in [-0.15, -0.1) is 0 Å². The van der Waals surface area contributed by atoms with Crippen LogP contribution in [0.5, 0.6) is 5.75 Å². The lowest BCUT2D eigenvalue weighted by molar-refractivity contribution is -0.380. The molecule has 14 heteroatoms. The van der Waals surface area contributed by atoms with Gasteiger partial charge in [-0.2, -0.15) is 0 Å². The minimum Gasteiger partial charge on any atom is -0.491 e. The number of thiazole rings is 1. The molecule has 0 saturated carbocycles. The Bertz CT molecular complexity index is 1500. The molecule has 2 fully saturated rings. The molecule has 11 nitrogen and oxygen atoms in total. The van der Waals surface area contributed by atoms with Gasteiger partial charge in [-0.05, 0) is 47.7 Å². The Morgan fingerprint density at radius 2 is 1.90 bits per heavy atom. The van der Waals surface area contributed by atoms with Gasteiger partial charge in [0.15, 0.2) is 5.13 Å². The van der Waals surface area contributed by atoms with Gasteiger partial charge >= 0.3 is 5.00 Å². The van der Waals surface area contributed by atoms with Crippen LogP contribution in [0.1, 0.15) is 5.56 Å². The number of anilines is 2. The Balaban J connectivity index is 1.05. The number of rotatable bonds is 9. The molecule has 4 heterocycles. The Kier molecular flexibility index (Phi) is 8.00. The average Bonchev–Trinajstić information content (AvgIpc) is 3.75. The van der Waals surface area contributed by atoms with E-state index in [0.29, 0.717) is 40.5 Å². The normalized spacial score (nSPS) is 20.9. The van der Waals surface area contributed by atoms with Gasteiger partial charge in [0.2, 0.25) is 5.79 Å².